The van der Waals surface area contributed by atoms with E-state index in [4.69, 9.17) is 28.9 Å². The number of hydrogen-bond acceptors (Lipinski definition) is 10. The van der Waals surface area contributed by atoms with Crippen LogP contribution in [0.5, 0.6) is 5.75 Å². The van der Waals surface area contributed by atoms with Crippen LogP contribution in [0.15, 0.2) is 48.5 Å². The van der Waals surface area contributed by atoms with Gasteiger partial charge in [-0.2, -0.15) is 5.26 Å². The van der Waals surface area contributed by atoms with Gasteiger partial charge in [-0.1, -0.05) is 0 Å². The van der Waals surface area contributed by atoms with Crippen LogP contribution in [0.2, 0.25) is 0 Å². The molecule has 1 fully saturated rings. The maximum absolute atomic E-state index is 12.7. The highest BCUT2D eigenvalue weighted by molar-refractivity contribution is 6.09. The van der Waals surface area contributed by atoms with E-state index in [-0.39, 0.29) is 18.1 Å². The molecule has 0 aromatic heterocycles. The number of ketones is 1. The molecule has 4 atom stereocenters. The second-order valence-corrected chi connectivity index (χ2v) is 7.66. The molecule has 2 aromatic rings. The van der Waals surface area contributed by atoms with Crippen LogP contribution in [0.1, 0.15) is 42.3 Å². The van der Waals surface area contributed by atoms with Gasteiger partial charge in [-0.3, -0.25) is 19.2 Å². The third kappa shape index (κ3) is 6.65. The smallest absolute Gasteiger partial charge is 0.303 e. The SMILES string of the molecule is CC(=O)O[C@@H]1[C@H](Oc2ccc(C(=O)c3ccc(C#N)cc3)cc2)OC[C@@H](OC(C)=O)[C@@H]1OC(C)=O. The van der Waals surface area contributed by atoms with Gasteiger partial charge in [0.15, 0.2) is 18.0 Å². The summed E-state index contributed by atoms with van der Waals surface area (Å²) in [5, 5.41) is 8.90. The molecular weight excluding hydrogens is 458 g/mol. The topological polar surface area (TPSA) is 138 Å². The molecule has 0 amide bonds. The number of rotatable bonds is 7. The fraction of sp³-hybridized carbons (Fsp3) is 0.320. The molecule has 2 aromatic carbocycles. The molecule has 0 unspecified atom stereocenters. The molecule has 1 heterocycles. The van der Waals surface area contributed by atoms with Crippen LogP contribution in [0.25, 0.3) is 0 Å². The highest BCUT2D eigenvalue weighted by Gasteiger charge is 2.48. The highest BCUT2D eigenvalue weighted by Crippen LogP contribution is 2.27. The average molecular weight is 481 g/mol. The molecule has 10 nitrogen and oxygen atoms in total. The fourth-order valence-electron chi connectivity index (χ4n) is 3.49. The molecule has 0 bridgehead atoms. The van der Waals surface area contributed by atoms with Crippen LogP contribution in [0, 0.1) is 11.3 Å². The quantitative estimate of drug-likeness (QED) is 0.329. The molecule has 0 spiro atoms. The molecule has 0 N–H and O–H groups in total. The second-order valence-electron chi connectivity index (χ2n) is 7.66. The minimum absolute atomic E-state index is 0.171. The van der Waals surface area contributed by atoms with E-state index in [1.54, 1.807) is 36.4 Å². The summed E-state index contributed by atoms with van der Waals surface area (Å²) in [6.07, 6.45) is -4.58. The van der Waals surface area contributed by atoms with Crippen LogP contribution >= 0.6 is 0 Å². The lowest BCUT2D eigenvalue weighted by Crippen LogP contribution is -2.59. The number of carbonyl (C=O) groups is 4. The van der Waals surface area contributed by atoms with Gasteiger partial charge >= 0.3 is 17.9 Å². The summed E-state index contributed by atoms with van der Waals surface area (Å²) in [6.45, 7) is 3.36. The van der Waals surface area contributed by atoms with Crippen molar-refractivity contribution in [3.8, 4) is 11.8 Å². The Hall–Kier alpha value is -4.23. The Labute approximate surface area is 201 Å². The van der Waals surface area contributed by atoms with Gasteiger partial charge in [0, 0.05) is 31.9 Å². The molecule has 0 radical (unpaired) electrons. The first-order chi connectivity index (χ1) is 16.7. The van der Waals surface area contributed by atoms with Crippen LogP contribution in [0.4, 0.5) is 0 Å². The first-order valence-corrected chi connectivity index (χ1v) is 10.6. The highest BCUT2D eigenvalue weighted by atomic mass is 16.7. The number of nitrogens with zero attached hydrogens (tertiary/aromatic N) is 1. The molecule has 182 valence electrons. The monoisotopic (exact) mass is 481 g/mol. The van der Waals surface area contributed by atoms with Crippen molar-refractivity contribution in [2.45, 2.75) is 45.4 Å². The summed E-state index contributed by atoms with van der Waals surface area (Å²) in [5.41, 5.74) is 1.25. The number of nitriles is 1. The number of benzene rings is 2. The van der Waals surface area contributed by atoms with Gasteiger partial charge in [-0.25, -0.2) is 0 Å². The van der Waals surface area contributed by atoms with Crippen molar-refractivity contribution in [2.75, 3.05) is 6.61 Å². The zero-order chi connectivity index (χ0) is 25.5. The van der Waals surface area contributed by atoms with Gasteiger partial charge in [-0.15, -0.1) is 0 Å². The van der Waals surface area contributed by atoms with E-state index in [1.807, 2.05) is 6.07 Å². The van der Waals surface area contributed by atoms with Gasteiger partial charge in [0.1, 0.15) is 5.75 Å². The minimum Gasteiger partial charge on any atom is -0.461 e. The number of carbonyl (C=O) groups excluding carboxylic acids is 4. The van der Waals surface area contributed by atoms with Gasteiger partial charge in [0.05, 0.1) is 18.2 Å². The van der Waals surface area contributed by atoms with E-state index in [0.29, 0.717) is 16.7 Å². The van der Waals surface area contributed by atoms with E-state index in [9.17, 15) is 19.2 Å². The van der Waals surface area contributed by atoms with Crippen LogP contribution in [-0.2, 0) is 33.3 Å². The average Bonchev–Trinajstić information content (AvgIpc) is 2.82. The molecule has 0 saturated carbocycles. The Bertz CT molecular complexity index is 1140. The number of hydrogen-bond donors (Lipinski definition) is 0. The van der Waals surface area contributed by atoms with Crippen LogP contribution < -0.4 is 4.74 Å². The van der Waals surface area contributed by atoms with Crippen molar-refractivity contribution in [3.05, 3.63) is 65.2 Å². The normalized spacial score (nSPS) is 21.2. The van der Waals surface area contributed by atoms with Crippen LogP contribution in [0.3, 0.4) is 0 Å². The first-order valence-electron chi connectivity index (χ1n) is 10.6. The van der Waals surface area contributed by atoms with Crippen molar-refractivity contribution in [3.63, 3.8) is 0 Å². The third-order valence-electron chi connectivity index (χ3n) is 4.95. The first kappa shape index (κ1) is 25.4. The standard InChI is InChI=1S/C25H23NO9/c1-14(27)32-21-13-31-25(24(34-16(3)29)23(21)33-15(2)28)35-20-10-8-19(9-11-20)22(30)18-6-4-17(12-26)5-7-18/h4-11,21,23-25H,13H2,1-3H3/t21-,23+,24+,25+/m1/s1. The van der Waals surface area contributed by atoms with Crippen LogP contribution in [-0.4, -0.2) is 54.9 Å². The zero-order valence-corrected chi connectivity index (χ0v) is 19.3. The minimum atomic E-state index is -1.23. The molecular formula is C25H23NO9. The summed E-state index contributed by atoms with van der Waals surface area (Å²) in [6, 6.07) is 14.4. The van der Waals surface area contributed by atoms with Gasteiger partial charge in [0.2, 0.25) is 12.4 Å². The van der Waals surface area contributed by atoms with E-state index in [0.717, 1.165) is 0 Å². The Morgan fingerprint density at radius 2 is 1.31 bits per heavy atom. The Balaban J connectivity index is 1.78. The van der Waals surface area contributed by atoms with Gasteiger partial charge in [0.25, 0.3) is 0 Å². The summed E-state index contributed by atoms with van der Waals surface area (Å²) in [5.74, 6) is -1.94. The predicted molar refractivity (Wildman–Crippen MR) is 118 cm³/mol. The van der Waals surface area contributed by atoms with Crippen molar-refractivity contribution in [1.82, 2.24) is 0 Å². The summed E-state index contributed by atoms with van der Waals surface area (Å²) >= 11 is 0. The van der Waals surface area contributed by atoms with Gasteiger partial charge in [-0.05, 0) is 48.5 Å². The van der Waals surface area contributed by atoms with Crippen molar-refractivity contribution >= 4 is 23.7 Å². The summed E-state index contributed by atoms with van der Waals surface area (Å²) in [4.78, 5) is 47.6. The molecule has 3 rings (SSSR count). The molecule has 1 aliphatic heterocycles. The predicted octanol–water partition coefficient (Wildman–Crippen LogP) is 2.32. The lowest BCUT2D eigenvalue weighted by Gasteiger charge is -2.40. The zero-order valence-electron chi connectivity index (χ0n) is 19.3. The van der Waals surface area contributed by atoms with Gasteiger partial charge < -0.3 is 23.7 Å². The number of esters is 3. The molecule has 1 saturated heterocycles. The van der Waals surface area contributed by atoms with Crippen molar-refractivity contribution in [2.24, 2.45) is 0 Å². The maximum Gasteiger partial charge on any atom is 0.303 e. The second kappa shape index (κ2) is 11.3. The Morgan fingerprint density at radius 1 is 0.800 bits per heavy atom. The van der Waals surface area contributed by atoms with E-state index < -0.39 is 42.5 Å². The molecule has 1 aliphatic rings. The Kier molecular flexibility index (Phi) is 8.17. The maximum atomic E-state index is 12.7. The molecule has 10 heteroatoms. The summed E-state index contributed by atoms with van der Waals surface area (Å²) in [7, 11) is 0. The van der Waals surface area contributed by atoms with E-state index in [2.05, 4.69) is 0 Å². The van der Waals surface area contributed by atoms with Crippen molar-refractivity contribution in [1.29, 1.82) is 5.26 Å². The molecule has 0 aliphatic carbocycles. The molecule has 35 heavy (non-hydrogen) atoms. The fourth-order valence-corrected chi connectivity index (χ4v) is 3.49. The third-order valence-corrected chi connectivity index (χ3v) is 4.95. The number of ether oxygens (including phenoxy) is 5. The Morgan fingerprint density at radius 3 is 1.83 bits per heavy atom. The largest absolute Gasteiger partial charge is 0.461 e. The van der Waals surface area contributed by atoms with E-state index in [1.165, 1.54) is 32.9 Å². The van der Waals surface area contributed by atoms with Crippen molar-refractivity contribution < 1.29 is 42.9 Å². The van der Waals surface area contributed by atoms with E-state index >= 15 is 0 Å². The lowest BCUT2D eigenvalue weighted by molar-refractivity contribution is -0.259. The lowest BCUT2D eigenvalue weighted by atomic mass is 10.0. The summed E-state index contributed by atoms with van der Waals surface area (Å²) < 4.78 is 27.2.